The monoisotopic (exact) mass is 360 g/mol. The molecule has 0 saturated carbocycles. The average Bonchev–Trinajstić information content (AvgIpc) is 2.63. The van der Waals surface area contributed by atoms with Gasteiger partial charge in [0.15, 0.2) is 9.84 Å². The van der Waals surface area contributed by atoms with Crippen molar-refractivity contribution in [3.8, 4) is 0 Å². The summed E-state index contributed by atoms with van der Waals surface area (Å²) in [7, 11) is -3.33. The molecular formula is C20H24O4S. The maximum Gasteiger partial charge on any atom is 0.181 e. The third-order valence-corrected chi connectivity index (χ3v) is 6.71. The highest BCUT2D eigenvalue weighted by Gasteiger charge is 2.33. The number of sulfone groups is 1. The van der Waals surface area contributed by atoms with E-state index in [4.69, 9.17) is 9.47 Å². The summed E-state index contributed by atoms with van der Waals surface area (Å²) in [6.45, 7) is 3.28. The van der Waals surface area contributed by atoms with Gasteiger partial charge in [-0.2, -0.15) is 0 Å². The van der Waals surface area contributed by atoms with Crippen LogP contribution in [0.25, 0.3) is 0 Å². The lowest BCUT2D eigenvalue weighted by atomic mass is 10.1. The van der Waals surface area contributed by atoms with Crippen LogP contribution in [0.15, 0.2) is 59.5 Å². The van der Waals surface area contributed by atoms with Crippen molar-refractivity contribution in [1.82, 2.24) is 0 Å². The van der Waals surface area contributed by atoms with E-state index in [0.717, 1.165) is 11.1 Å². The standard InChI is InChI=1S/C20H24O4S/c1-16-6-5-9-19(12-16)25(21,22)20-10-11-24-18(13-20)15-23-14-17-7-3-2-4-8-17/h2-9,12,18,20H,10-11,13-15H2,1H3. The van der Waals surface area contributed by atoms with E-state index in [0.29, 0.717) is 37.6 Å². The Morgan fingerprint density at radius 3 is 2.68 bits per heavy atom. The summed E-state index contributed by atoms with van der Waals surface area (Å²) in [5, 5.41) is -0.409. The molecule has 5 heteroatoms. The molecule has 1 saturated heterocycles. The summed E-state index contributed by atoms with van der Waals surface area (Å²) < 4.78 is 37.2. The summed E-state index contributed by atoms with van der Waals surface area (Å²) in [5.74, 6) is 0. The predicted molar refractivity (Wildman–Crippen MR) is 97.2 cm³/mol. The van der Waals surface area contributed by atoms with Crippen LogP contribution in [0.5, 0.6) is 0 Å². The number of benzene rings is 2. The number of aryl methyl sites for hydroxylation is 1. The first-order valence-corrected chi connectivity index (χ1v) is 10.1. The zero-order valence-corrected chi connectivity index (χ0v) is 15.2. The van der Waals surface area contributed by atoms with Crippen LogP contribution in [-0.4, -0.2) is 33.0 Å². The zero-order valence-electron chi connectivity index (χ0n) is 14.4. The summed E-state index contributed by atoms with van der Waals surface area (Å²) >= 11 is 0. The van der Waals surface area contributed by atoms with E-state index in [-0.39, 0.29) is 6.10 Å². The van der Waals surface area contributed by atoms with E-state index in [2.05, 4.69) is 0 Å². The van der Waals surface area contributed by atoms with Crippen molar-refractivity contribution in [3.05, 3.63) is 65.7 Å². The van der Waals surface area contributed by atoms with Gasteiger partial charge in [-0.3, -0.25) is 0 Å². The molecule has 2 unspecified atom stereocenters. The number of ether oxygens (including phenoxy) is 2. The third kappa shape index (κ3) is 4.69. The molecule has 2 aromatic rings. The highest BCUT2D eigenvalue weighted by atomic mass is 32.2. The minimum absolute atomic E-state index is 0.179. The molecule has 134 valence electrons. The first kappa shape index (κ1) is 18.1. The van der Waals surface area contributed by atoms with Gasteiger partial charge in [-0.05, 0) is 43.0 Å². The van der Waals surface area contributed by atoms with E-state index >= 15 is 0 Å². The van der Waals surface area contributed by atoms with Gasteiger partial charge in [0.05, 0.1) is 29.5 Å². The van der Waals surface area contributed by atoms with Gasteiger partial charge in [-0.15, -0.1) is 0 Å². The van der Waals surface area contributed by atoms with Crippen LogP contribution < -0.4 is 0 Å². The highest BCUT2D eigenvalue weighted by molar-refractivity contribution is 7.92. The molecule has 0 amide bonds. The summed E-state index contributed by atoms with van der Waals surface area (Å²) in [6, 6.07) is 17.0. The molecule has 0 aromatic heterocycles. The molecule has 1 heterocycles. The van der Waals surface area contributed by atoms with Crippen LogP contribution in [0.3, 0.4) is 0 Å². The van der Waals surface area contributed by atoms with Crippen LogP contribution in [0.2, 0.25) is 0 Å². The Balaban J connectivity index is 1.59. The van der Waals surface area contributed by atoms with Gasteiger partial charge in [-0.25, -0.2) is 8.42 Å². The molecule has 1 fully saturated rings. The summed E-state index contributed by atoms with van der Waals surface area (Å²) in [4.78, 5) is 0.406. The van der Waals surface area contributed by atoms with E-state index in [9.17, 15) is 8.42 Å². The second kappa shape index (κ2) is 8.13. The molecule has 0 N–H and O–H groups in total. The van der Waals surface area contributed by atoms with Crippen molar-refractivity contribution in [2.75, 3.05) is 13.2 Å². The van der Waals surface area contributed by atoms with Crippen LogP contribution in [0, 0.1) is 6.92 Å². The van der Waals surface area contributed by atoms with E-state index in [1.54, 1.807) is 18.2 Å². The van der Waals surface area contributed by atoms with Gasteiger partial charge in [0.25, 0.3) is 0 Å². The SMILES string of the molecule is Cc1cccc(S(=O)(=O)C2CCOC(COCc3ccccc3)C2)c1. The van der Waals surface area contributed by atoms with Gasteiger partial charge < -0.3 is 9.47 Å². The van der Waals surface area contributed by atoms with Crippen molar-refractivity contribution in [2.24, 2.45) is 0 Å². The fraction of sp³-hybridized carbons (Fsp3) is 0.400. The normalized spacial score (nSPS) is 21.2. The second-order valence-electron chi connectivity index (χ2n) is 6.50. The molecule has 0 bridgehead atoms. The summed E-state index contributed by atoms with van der Waals surface area (Å²) in [6.07, 6.45) is 0.832. The minimum Gasteiger partial charge on any atom is -0.376 e. The molecule has 2 atom stereocenters. The Labute approximate surface area is 149 Å². The van der Waals surface area contributed by atoms with Crippen molar-refractivity contribution in [1.29, 1.82) is 0 Å². The Bertz CT molecular complexity index is 786. The fourth-order valence-electron chi connectivity index (χ4n) is 3.11. The second-order valence-corrected chi connectivity index (χ2v) is 8.73. The Hall–Kier alpha value is -1.69. The van der Waals surface area contributed by atoms with Gasteiger partial charge in [0.2, 0.25) is 0 Å². The molecule has 4 nitrogen and oxygen atoms in total. The molecule has 1 aliphatic rings. The lowest BCUT2D eigenvalue weighted by Crippen LogP contribution is -2.36. The summed E-state index contributed by atoms with van der Waals surface area (Å²) in [5.41, 5.74) is 2.05. The van der Waals surface area contributed by atoms with Crippen LogP contribution >= 0.6 is 0 Å². The lowest BCUT2D eigenvalue weighted by Gasteiger charge is -2.29. The number of rotatable bonds is 6. The molecule has 0 spiro atoms. The largest absolute Gasteiger partial charge is 0.376 e. The van der Waals surface area contributed by atoms with Gasteiger partial charge in [0, 0.05) is 6.61 Å². The smallest absolute Gasteiger partial charge is 0.181 e. The van der Waals surface area contributed by atoms with Crippen molar-refractivity contribution in [2.45, 2.75) is 42.6 Å². The minimum atomic E-state index is -3.33. The maximum atomic E-state index is 12.9. The van der Waals surface area contributed by atoms with Crippen LogP contribution in [-0.2, 0) is 25.9 Å². The number of hydrogen-bond donors (Lipinski definition) is 0. The highest BCUT2D eigenvalue weighted by Crippen LogP contribution is 2.27. The first-order valence-electron chi connectivity index (χ1n) is 8.59. The molecular weight excluding hydrogens is 336 g/mol. The topological polar surface area (TPSA) is 52.6 Å². The van der Waals surface area contributed by atoms with E-state index < -0.39 is 15.1 Å². The fourth-order valence-corrected chi connectivity index (χ4v) is 4.99. The van der Waals surface area contributed by atoms with Gasteiger partial charge in [0.1, 0.15) is 0 Å². The molecule has 0 aliphatic carbocycles. The van der Waals surface area contributed by atoms with Crippen molar-refractivity contribution in [3.63, 3.8) is 0 Å². The third-order valence-electron chi connectivity index (χ3n) is 4.49. The molecule has 0 radical (unpaired) electrons. The Morgan fingerprint density at radius 1 is 1.12 bits per heavy atom. The zero-order chi connectivity index (χ0) is 17.7. The first-order chi connectivity index (χ1) is 12.1. The number of hydrogen-bond acceptors (Lipinski definition) is 4. The molecule has 2 aromatic carbocycles. The Morgan fingerprint density at radius 2 is 1.92 bits per heavy atom. The van der Waals surface area contributed by atoms with Crippen molar-refractivity contribution >= 4 is 9.84 Å². The van der Waals surface area contributed by atoms with Crippen LogP contribution in [0.4, 0.5) is 0 Å². The quantitative estimate of drug-likeness (QED) is 0.791. The van der Waals surface area contributed by atoms with Crippen molar-refractivity contribution < 1.29 is 17.9 Å². The predicted octanol–water partition coefficient (Wildman–Crippen LogP) is 3.53. The average molecular weight is 360 g/mol. The maximum absolute atomic E-state index is 12.9. The molecule has 3 rings (SSSR count). The lowest BCUT2D eigenvalue weighted by molar-refractivity contribution is -0.0436. The molecule has 1 aliphatic heterocycles. The van der Waals surface area contributed by atoms with Gasteiger partial charge in [-0.1, -0.05) is 42.5 Å². The van der Waals surface area contributed by atoms with Crippen LogP contribution in [0.1, 0.15) is 24.0 Å². The van der Waals surface area contributed by atoms with E-state index in [1.807, 2.05) is 43.3 Å². The molecule has 25 heavy (non-hydrogen) atoms. The van der Waals surface area contributed by atoms with Gasteiger partial charge >= 0.3 is 0 Å². The Kier molecular flexibility index (Phi) is 5.89. The van der Waals surface area contributed by atoms with E-state index in [1.165, 1.54) is 0 Å².